The lowest BCUT2D eigenvalue weighted by molar-refractivity contribution is -0.131. The maximum Gasteiger partial charge on any atom is 0.226 e. The predicted molar refractivity (Wildman–Crippen MR) is 126 cm³/mol. The van der Waals surface area contributed by atoms with E-state index >= 15 is 0 Å². The molecule has 3 atom stereocenters. The molecule has 1 heterocycles. The smallest absolute Gasteiger partial charge is 0.226 e. The van der Waals surface area contributed by atoms with E-state index in [-0.39, 0.29) is 30.6 Å². The highest BCUT2D eigenvalue weighted by Gasteiger charge is 2.27. The summed E-state index contributed by atoms with van der Waals surface area (Å²) in [5, 5.41) is 9.41. The summed E-state index contributed by atoms with van der Waals surface area (Å²) in [5.74, 6) is 0.111. The molecule has 2 aromatic rings. The van der Waals surface area contributed by atoms with Crippen molar-refractivity contribution in [2.24, 2.45) is 5.92 Å². The number of hydrogen-bond acceptors (Lipinski definition) is 4. The second-order valence-corrected chi connectivity index (χ2v) is 8.12. The summed E-state index contributed by atoms with van der Waals surface area (Å²) in [5.41, 5.74) is 2.59. The largest absolute Gasteiger partial charge is 0.394 e. The number of amides is 2. The molecule has 0 aliphatic carbocycles. The molecular weight excluding hydrogens is 404 g/mol. The number of rotatable bonds is 10. The summed E-state index contributed by atoms with van der Waals surface area (Å²) >= 11 is 0. The zero-order valence-corrected chi connectivity index (χ0v) is 18.8. The van der Waals surface area contributed by atoms with Gasteiger partial charge in [0.1, 0.15) is 0 Å². The van der Waals surface area contributed by atoms with Gasteiger partial charge in [-0.1, -0.05) is 49.4 Å². The quantitative estimate of drug-likeness (QED) is 0.447. The number of nitrogens with zero attached hydrogens (tertiary/aromatic N) is 2. The molecule has 0 radical (unpaired) electrons. The second-order valence-electron chi connectivity index (χ2n) is 8.12. The Morgan fingerprint density at radius 2 is 1.88 bits per heavy atom. The van der Waals surface area contributed by atoms with Crippen molar-refractivity contribution in [3.05, 3.63) is 72.3 Å². The van der Waals surface area contributed by atoms with Crippen LogP contribution in [0.3, 0.4) is 0 Å². The molecule has 3 rings (SSSR count). The third kappa shape index (κ3) is 5.64. The van der Waals surface area contributed by atoms with Crippen LogP contribution < -0.4 is 4.90 Å². The van der Waals surface area contributed by atoms with Gasteiger partial charge < -0.3 is 14.7 Å². The van der Waals surface area contributed by atoms with Gasteiger partial charge in [-0.2, -0.15) is 0 Å². The van der Waals surface area contributed by atoms with Crippen LogP contribution in [0.1, 0.15) is 37.9 Å². The number of likely N-dealkylation sites (tertiary alicyclic amines) is 1. The highest BCUT2D eigenvalue weighted by molar-refractivity contribution is 5.86. The highest BCUT2D eigenvalue weighted by Crippen LogP contribution is 2.30. The van der Waals surface area contributed by atoms with E-state index < -0.39 is 0 Å². The molecule has 6 heteroatoms. The minimum atomic E-state index is -0.172. The summed E-state index contributed by atoms with van der Waals surface area (Å²) in [4.78, 5) is 27.5. The highest BCUT2D eigenvalue weighted by atomic mass is 16.5. The van der Waals surface area contributed by atoms with Crippen molar-refractivity contribution < 1.29 is 19.4 Å². The lowest BCUT2D eigenvalue weighted by atomic mass is 9.96. The molecule has 0 bridgehead atoms. The molecule has 1 N–H and O–H groups in total. The Morgan fingerprint density at radius 1 is 1.19 bits per heavy atom. The van der Waals surface area contributed by atoms with Crippen molar-refractivity contribution in [2.45, 2.75) is 38.3 Å². The first-order valence-electron chi connectivity index (χ1n) is 11.1. The average molecular weight is 437 g/mol. The van der Waals surface area contributed by atoms with Gasteiger partial charge in [0.2, 0.25) is 12.3 Å². The third-order valence-corrected chi connectivity index (χ3v) is 6.01. The Labute approximate surface area is 190 Å². The van der Waals surface area contributed by atoms with Crippen molar-refractivity contribution in [3.63, 3.8) is 0 Å². The lowest BCUT2D eigenvalue weighted by Crippen LogP contribution is -2.37. The van der Waals surface area contributed by atoms with Gasteiger partial charge in [0, 0.05) is 37.4 Å². The summed E-state index contributed by atoms with van der Waals surface area (Å²) in [6, 6.07) is 17.2. The van der Waals surface area contributed by atoms with Crippen molar-refractivity contribution in [2.75, 3.05) is 25.2 Å². The Hall–Kier alpha value is -2.96. The van der Waals surface area contributed by atoms with Gasteiger partial charge in [-0.05, 0) is 42.7 Å². The molecule has 32 heavy (non-hydrogen) atoms. The molecule has 6 nitrogen and oxygen atoms in total. The van der Waals surface area contributed by atoms with Crippen LogP contribution in [-0.2, 0) is 14.3 Å². The molecule has 1 saturated heterocycles. The Bertz CT molecular complexity index is 898. The van der Waals surface area contributed by atoms with Crippen LogP contribution in [0.5, 0.6) is 0 Å². The number of hydrogen-bond donors (Lipinski definition) is 1. The number of benzene rings is 2. The van der Waals surface area contributed by atoms with E-state index in [4.69, 9.17) is 4.74 Å². The van der Waals surface area contributed by atoms with Gasteiger partial charge in [-0.15, -0.1) is 0 Å². The number of para-hydroxylation sites is 1. The first kappa shape index (κ1) is 23.7. The standard InChI is InChI=1S/C26H32N2O4/c1-20(8-6-12-25(31)27-17-7-11-24(27)18-29)26(32-2)21-13-15-23(16-14-21)28(19-30)22-9-4-3-5-10-22/h3-6,8-10,13-16,19-20,24,26,29H,7,11-12,17-18H2,1-2H3/b8-6+/t20-,24+,26+/m1/s1. The fraction of sp³-hybridized carbons (Fsp3) is 0.385. The molecule has 1 aliphatic rings. The topological polar surface area (TPSA) is 70.1 Å². The molecule has 170 valence electrons. The second kappa shape index (κ2) is 11.6. The molecular formula is C26H32N2O4. The minimum Gasteiger partial charge on any atom is -0.394 e. The number of ether oxygens (including phenoxy) is 1. The maximum atomic E-state index is 12.5. The van der Waals surface area contributed by atoms with Crippen LogP contribution in [0.15, 0.2) is 66.7 Å². The molecule has 0 unspecified atom stereocenters. The van der Waals surface area contributed by atoms with Crippen LogP contribution in [0.25, 0.3) is 0 Å². The Balaban J connectivity index is 1.63. The van der Waals surface area contributed by atoms with E-state index in [2.05, 4.69) is 6.92 Å². The van der Waals surface area contributed by atoms with Gasteiger partial charge in [0.05, 0.1) is 18.8 Å². The molecule has 1 aliphatic heterocycles. The van der Waals surface area contributed by atoms with Gasteiger partial charge in [-0.3, -0.25) is 14.5 Å². The lowest BCUT2D eigenvalue weighted by Gasteiger charge is -2.23. The van der Waals surface area contributed by atoms with Crippen molar-refractivity contribution in [1.29, 1.82) is 0 Å². The zero-order valence-electron chi connectivity index (χ0n) is 18.8. The van der Waals surface area contributed by atoms with Crippen molar-refractivity contribution in [1.82, 2.24) is 4.90 Å². The van der Waals surface area contributed by atoms with Gasteiger partial charge in [0.25, 0.3) is 0 Å². The SMILES string of the molecule is CO[C@H](c1ccc(N(C=O)c2ccccc2)cc1)[C@H](C)/C=C/CC(=O)N1CCC[C@H]1CO. The fourth-order valence-corrected chi connectivity index (χ4v) is 4.29. The molecule has 1 fully saturated rings. The van der Waals surface area contributed by atoms with Crippen molar-refractivity contribution >= 4 is 23.7 Å². The van der Waals surface area contributed by atoms with E-state index in [0.29, 0.717) is 6.42 Å². The molecule has 2 amide bonds. The number of aliphatic hydroxyl groups is 1. The van der Waals surface area contributed by atoms with Crippen molar-refractivity contribution in [3.8, 4) is 0 Å². The number of aliphatic hydroxyl groups excluding tert-OH is 1. The average Bonchev–Trinajstić information content (AvgIpc) is 3.31. The van der Waals surface area contributed by atoms with Crippen LogP contribution >= 0.6 is 0 Å². The maximum absolute atomic E-state index is 12.5. The first-order valence-corrected chi connectivity index (χ1v) is 11.1. The minimum absolute atomic E-state index is 0.0272. The van der Waals surface area contributed by atoms with E-state index in [1.54, 1.807) is 16.9 Å². The Kier molecular flexibility index (Phi) is 8.59. The predicted octanol–water partition coefficient (Wildman–Crippen LogP) is 4.23. The summed E-state index contributed by atoms with van der Waals surface area (Å²) in [6.07, 6.45) is 6.67. The van der Waals surface area contributed by atoms with E-state index in [0.717, 1.165) is 42.7 Å². The number of carbonyl (C=O) groups is 2. The summed E-state index contributed by atoms with van der Waals surface area (Å²) < 4.78 is 5.74. The summed E-state index contributed by atoms with van der Waals surface area (Å²) in [7, 11) is 1.67. The normalized spacial score (nSPS) is 18.0. The fourth-order valence-electron chi connectivity index (χ4n) is 4.29. The number of methoxy groups -OCH3 is 1. The summed E-state index contributed by atoms with van der Waals surface area (Å²) in [6.45, 7) is 2.80. The zero-order chi connectivity index (χ0) is 22.9. The first-order chi connectivity index (χ1) is 15.6. The van der Waals surface area contributed by atoms with E-state index in [1.807, 2.05) is 66.7 Å². The molecule has 0 spiro atoms. The van der Waals surface area contributed by atoms with Crippen LogP contribution in [0.4, 0.5) is 11.4 Å². The van der Waals surface area contributed by atoms with Crippen LogP contribution in [0.2, 0.25) is 0 Å². The number of anilines is 2. The van der Waals surface area contributed by atoms with Gasteiger partial charge >= 0.3 is 0 Å². The monoisotopic (exact) mass is 436 g/mol. The van der Waals surface area contributed by atoms with Gasteiger partial charge in [0.15, 0.2) is 0 Å². The molecule has 0 aromatic heterocycles. The van der Waals surface area contributed by atoms with Gasteiger partial charge in [-0.25, -0.2) is 0 Å². The van der Waals surface area contributed by atoms with Crippen LogP contribution in [0, 0.1) is 5.92 Å². The van der Waals surface area contributed by atoms with E-state index in [9.17, 15) is 14.7 Å². The number of carbonyl (C=O) groups excluding carboxylic acids is 2. The third-order valence-electron chi connectivity index (χ3n) is 6.01. The Morgan fingerprint density at radius 3 is 2.50 bits per heavy atom. The van der Waals surface area contributed by atoms with Crippen LogP contribution in [-0.4, -0.2) is 48.6 Å². The molecule has 2 aromatic carbocycles. The van der Waals surface area contributed by atoms with E-state index in [1.165, 1.54) is 0 Å². The molecule has 0 saturated carbocycles.